The number of benzene rings is 1. The van der Waals surface area contributed by atoms with E-state index < -0.39 is 0 Å². The number of rotatable bonds is 4. The maximum Gasteiger partial charge on any atom is 0.123 e. The minimum atomic E-state index is -0.198. The van der Waals surface area contributed by atoms with E-state index in [1.807, 2.05) is 18.3 Å². The van der Waals surface area contributed by atoms with Crippen molar-refractivity contribution < 1.29 is 38.4 Å². The van der Waals surface area contributed by atoms with Gasteiger partial charge in [-0.2, -0.15) is 0 Å². The zero-order chi connectivity index (χ0) is 11.2. The van der Waals surface area contributed by atoms with Gasteiger partial charge in [0.2, 0.25) is 0 Å². The Kier molecular flexibility index (Phi) is 8.79. The van der Waals surface area contributed by atoms with Gasteiger partial charge in [0.1, 0.15) is 5.82 Å². The Morgan fingerprint density at radius 2 is 1.61 bits per heavy atom. The molecule has 0 atom stereocenters. The van der Waals surface area contributed by atoms with Crippen LogP contribution in [-0.2, 0) is 13.1 Å². The first-order chi connectivity index (χ1) is 7.84. The maximum atomic E-state index is 12.6. The molecule has 0 unspecified atom stereocenters. The lowest BCUT2D eigenvalue weighted by atomic mass is 10.2. The molecule has 0 aliphatic carbocycles. The summed E-state index contributed by atoms with van der Waals surface area (Å²) < 4.78 is 12.6. The van der Waals surface area contributed by atoms with Gasteiger partial charge in [-0.05, 0) is 29.3 Å². The fourth-order valence-electron chi connectivity index (χ4n) is 1.46. The van der Waals surface area contributed by atoms with E-state index in [1.165, 1.54) is 12.1 Å². The van der Waals surface area contributed by atoms with Gasteiger partial charge >= 0.3 is 0 Å². The molecule has 18 heavy (non-hydrogen) atoms. The van der Waals surface area contributed by atoms with Gasteiger partial charge < -0.3 is 39.3 Å². The molecule has 0 saturated heterocycles. The molecule has 0 radical (unpaired) electrons. The molecule has 0 fully saturated rings. The Balaban J connectivity index is 0.00000144. The highest BCUT2D eigenvalue weighted by Crippen LogP contribution is 2.02. The Hall–Kier alpha value is -0.780. The molecule has 2 aromatic rings. The van der Waals surface area contributed by atoms with E-state index in [2.05, 4.69) is 10.3 Å². The SMILES string of the molecule is Fc1ccc(CNCc2cccnc2)cc1.[Br-].[Br-]. The third-order valence-electron chi connectivity index (χ3n) is 2.29. The van der Waals surface area contributed by atoms with Crippen LogP contribution < -0.4 is 39.3 Å². The van der Waals surface area contributed by atoms with E-state index in [0.29, 0.717) is 0 Å². The summed E-state index contributed by atoms with van der Waals surface area (Å²) in [4.78, 5) is 4.03. The van der Waals surface area contributed by atoms with Gasteiger partial charge in [-0.1, -0.05) is 18.2 Å². The number of nitrogens with zero attached hydrogens (tertiary/aromatic N) is 1. The van der Waals surface area contributed by atoms with Crippen LogP contribution in [0.5, 0.6) is 0 Å². The molecule has 0 spiro atoms. The molecule has 0 aliphatic rings. The topological polar surface area (TPSA) is 24.9 Å². The summed E-state index contributed by atoms with van der Waals surface area (Å²) in [5.74, 6) is -0.198. The third-order valence-corrected chi connectivity index (χ3v) is 2.29. The van der Waals surface area contributed by atoms with Crippen molar-refractivity contribution >= 4 is 0 Å². The van der Waals surface area contributed by atoms with Crippen molar-refractivity contribution in [2.24, 2.45) is 0 Å². The van der Waals surface area contributed by atoms with Gasteiger partial charge in [0.05, 0.1) is 0 Å². The van der Waals surface area contributed by atoms with Gasteiger partial charge in [-0.25, -0.2) is 4.39 Å². The van der Waals surface area contributed by atoms with E-state index in [4.69, 9.17) is 0 Å². The van der Waals surface area contributed by atoms with Crippen molar-refractivity contribution in [3.8, 4) is 0 Å². The third kappa shape index (κ3) is 5.71. The highest BCUT2D eigenvalue weighted by atomic mass is 79.9. The van der Waals surface area contributed by atoms with E-state index in [-0.39, 0.29) is 39.8 Å². The molecular formula is C13H13Br2FN2-2. The molecule has 1 aromatic heterocycles. The lowest BCUT2D eigenvalue weighted by Gasteiger charge is -2.04. The van der Waals surface area contributed by atoms with E-state index in [0.717, 1.165) is 24.2 Å². The van der Waals surface area contributed by atoms with Crippen molar-refractivity contribution in [2.75, 3.05) is 0 Å². The van der Waals surface area contributed by atoms with E-state index in [1.54, 1.807) is 18.3 Å². The van der Waals surface area contributed by atoms with Crippen molar-refractivity contribution in [3.05, 3.63) is 65.7 Å². The van der Waals surface area contributed by atoms with Crippen LogP contribution in [0.1, 0.15) is 11.1 Å². The zero-order valence-corrected chi connectivity index (χ0v) is 12.8. The number of hydrogen-bond donors (Lipinski definition) is 1. The molecule has 1 N–H and O–H groups in total. The summed E-state index contributed by atoms with van der Waals surface area (Å²) >= 11 is 0. The molecule has 0 amide bonds. The Bertz CT molecular complexity index is 435. The fourth-order valence-corrected chi connectivity index (χ4v) is 1.46. The second kappa shape index (κ2) is 9.19. The van der Waals surface area contributed by atoms with E-state index >= 15 is 0 Å². The lowest BCUT2D eigenvalue weighted by molar-refractivity contribution is -0.00100. The highest BCUT2D eigenvalue weighted by Gasteiger charge is 1.94. The molecule has 98 valence electrons. The number of pyridine rings is 1. The number of nitrogens with one attached hydrogen (secondary N) is 1. The van der Waals surface area contributed by atoms with Crippen LogP contribution in [0.3, 0.4) is 0 Å². The van der Waals surface area contributed by atoms with Crippen LogP contribution >= 0.6 is 0 Å². The number of aromatic nitrogens is 1. The monoisotopic (exact) mass is 374 g/mol. The van der Waals surface area contributed by atoms with E-state index in [9.17, 15) is 4.39 Å². The highest BCUT2D eigenvalue weighted by molar-refractivity contribution is 5.16. The maximum absolute atomic E-state index is 12.6. The second-order valence-corrected chi connectivity index (χ2v) is 3.59. The van der Waals surface area contributed by atoms with Gasteiger partial charge in [-0.15, -0.1) is 0 Å². The summed E-state index contributed by atoms with van der Waals surface area (Å²) in [6.07, 6.45) is 3.58. The molecule has 1 heterocycles. The van der Waals surface area contributed by atoms with Gasteiger partial charge in [0.15, 0.2) is 0 Å². The van der Waals surface area contributed by atoms with Crippen LogP contribution in [0.2, 0.25) is 0 Å². The summed E-state index contributed by atoms with van der Waals surface area (Å²) in [6, 6.07) is 10.4. The second-order valence-electron chi connectivity index (χ2n) is 3.59. The average molecular weight is 376 g/mol. The Morgan fingerprint density at radius 1 is 0.944 bits per heavy atom. The predicted molar refractivity (Wildman–Crippen MR) is 61.2 cm³/mol. The van der Waals surface area contributed by atoms with Crippen LogP contribution in [0.4, 0.5) is 4.39 Å². The van der Waals surface area contributed by atoms with Crippen LogP contribution in [0.25, 0.3) is 0 Å². The predicted octanol–water partition coefficient (Wildman–Crippen LogP) is -3.48. The first-order valence-electron chi connectivity index (χ1n) is 5.18. The Labute approximate surface area is 127 Å². The molecular weight excluding hydrogens is 363 g/mol. The minimum absolute atomic E-state index is 0. The van der Waals surface area contributed by atoms with Gasteiger partial charge in [0, 0.05) is 25.5 Å². The van der Waals surface area contributed by atoms with Crippen molar-refractivity contribution in [1.82, 2.24) is 10.3 Å². The molecule has 1 aromatic carbocycles. The summed E-state index contributed by atoms with van der Waals surface area (Å²) in [7, 11) is 0. The van der Waals surface area contributed by atoms with Crippen LogP contribution in [-0.4, -0.2) is 4.98 Å². The summed E-state index contributed by atoms with van der Waals surface area (Å²) in [5.41, 5.74) is 2.22. The molecule has 0 saturated carbocycles. The van der Waals surface area contributed by atoms with Crippen molar-refractivity contribution in [1.29, 1.82) is 0 Å². The zero-order valence-electron chi connectivity index (χ0n) is 9.61. The molecule has 0 bridgehead atoms. The fraction of sp³-hybridized carbons (Fsp3) is 0.154. The molecule has 2 nitrogen and oxygen atoms in total. The van der Waals surface area contributed by atoms with Gasteiger partial charge in [-0.3, -0.25) is 4.98 Å². The first kappa shape index (κ1) is 17.2. The normalized spacial score (nSPS) is 9.17. The smallest absolute Gasteiger partial charge is 0.123 e. The van der Waals surface area contributed by atoms with Crippen molar-refractivity contribution in [2.45, 2.75) is 13.1 Å². The molecule has 5 heteroatoms. The number of halogens is 3. The summed E-state index contributed by atoms with van der Waals surface area (Å²) in [5, 5.41) is 3.27. The standard InChI is InChI=1S/C13H13FN2.2BrH/c14-13-5-3-11(4-6-13)8-16-10-12-2-1-7-15-9-12;;/h1-7,9,16H,8,10H2;2*1H/p-2. The molecule has 2 rings (SSSR count). The minimum Gasteiger partial charge on any atom is -1.00 e. The Morgan fingerprint density at radius 3 is 2.22 bits per heavy atom. The van der Waals surface area contributed by atoms with Gasteiger partial charge in [0.25, 0.3) is 0 Å². The first-order valence-corrected chi connectivity index (χ1v) is 5.18. The van der Waals surface area contributed by atoms with Crippen LogP contribution in [0, 0.1) is 5.82 Å². The quantitative estimate of drug-likeness (QED) is 0.600. The lowest BCUT2D eigenvalue weighted by Crippen LogP contribution is -3.00. The summed E-state index contributed by atoms with van der Waals surface area (Å²) in [6.45, 7) is 1.50. The van der Waals surface area contributed by atoms with Crippen LogP contribution in [0.15, 0.2) is 48.8 Å². The largest absolute Gasteiger partial charge is 1.00 e. The average Bonchev–Trinajstić information content (AvgIpc) is 2.33. The van der Waals surface area contributed by atoms with Crippen molar-refractivity contribution in [3.63, 3.8) is 0 Å². The number of hydrogen-bond acceptors (Lipinski definition) is 2. The molecule has 0 aliphatic heterocycles.